The molecule has 10 rings (SSSR count). The molecule has 0 radical (unpaired) electrons. The van der Waals surface area contributed by atoms with Crippen molar-refractivity contribution in [1.82, 2.24) is 0 Å². The fourth-order valence-electron chi connectivity index (χ4n) is 8.12. The van der Waals surface area contributed by atoms with E-state index in [0.29, 0.717) is 0 Å². The van der Waals surface area contributed by atoms with Crippen LogP contribution in [0.5, 0.6) is 0 Å². The molecule has 0 unspecified atom stereocenters. The number of aryl methyl sites for hydroxylation is 4. The van der Waals surface area contributed by atoms with Crippen LogP contribution in [0.4, 0.5) is 34.1 Å². The van der Waals surface area contributed by atoms with Crippen LogP contribution in [0.2, 0.25) is 0 Å². The lowest BCUT2D eigenvalue weighted by Crippen LogP contribution is -2.12. The second-order valence-corrected chi connectivity index (χ2v) is 14.4. The van der Waals surface area contributed by atoms with Gasteiger partial charge in [-0.1, -0.05) is 78.9 Å². The van der Waals surface area contributed by atoms with Gasteiger partial charge < -0.3 is 18.6 Å². The van der Waals surface area contributed by atoms with Crippen molar-refractivity contribution in [1.29, 1.82) is 0 Å². The van der Waals surface area contributed by atoms with Crippen molar-refractivity contribution < 1.29 is 8.83 Å². The maximum Gasteiger partial charge on any atom is 0.137 e. The van der Waals surface area contributed by atoms with Gasteiger partial charge in [0.1, 0.15) is 22.3 Å². The quantitative estimate of drug-likeness (QED) is 0.173. The number of fused-ring (bicyclic) bond motifs is 7. The van der Waals surface area contributed by atoms with Crippen LogP contribution < -0.4 is 9.80 Å². The standard InChI is InChI=1S/C50H38N2O2/c1-31-13-5-9-17-43(31)51(44-18-10-6-14-32(44)2)37-22-21-35-26-40-42-30-49-41(29-50(42)53-47(40)27-36(35)25-37)39-24-23-38(28-48(39)54-49)52(45-19-11-7-15-33(45)3)46-20-12-8-16-34(46)4/h5-30H,1-4H3. The first-order valence-electron chi connectivity index (χ1n) is 18.5. The first-order valence-corrected chi connectivity index (χ1v) is 18.5. The largest absolute Gasteiger partial charge is 0.456 e. The maximum absolute atomic E-state index is 6.66. The Morgan fingerprint density at radius 2 is 0.704 bits per heavy atom. The third-order valence-corrected chi connectivity index (χ3v) is 10.9. The normalized spacial score (nSPS) is 11.7. The zero-order valence-corrected chi connectivity index (χ0v) is 30.7. The van der Waals surface area contributed by atoms with Gasteiger partial charge in [-0.25, -0.2) is 0 Å². The van der Waals surface area contributed by atoms with E-state index in [1.807, 2.05) is 0 Å². The molecule has 0 aliphatic rings. The van der Waals surface area contributed by atoms with Gasteiger partial charge in [-0.05, 0) is 134 Å². The van der Waals surface area contributed by atoms with Gasteiger partial charge >= 0.3 is 0 Å². The third-order valence-electron chi connectivity index (χ3n) is 10.9. The highest BCUT2D eigenvalue weighted by atomic mass is 16.3. The summed E-state index contributed by atoms with van der Waals surface area (Å²) in [5.74, 6) is 0. The number of nitrogens with zero attached hydrogens (tertiary/aromatic N) is 2. The summed E-state index contributed by atoms with van der Waals surface area (Å²) in [5.41, 5.74) is 15.0. The number of anilines is 6. The smallest absolute Gasteiger partial charge is 0.137 e. The molecule has 0 aliphatic carbocycles. The molecule has 0 N–H and O–H groups in total. The number of hydrogen-bond donors (Lipinski definition) is 0. The van der Waals surface area contributed by atoms with Gasteiger partial charge in [-0.3, -0.25) is 0 Å². The van der Waals surface area contributed by atoms with Crippen LogP contribution in [0.3, 0.4) is 0 Å². The average Bonchev–Trinajstić information content (AvgIpc) is 3.72. The summed E-state index contributed by atoms with van der Waals surface area (Å²) >= 11 is 0. The molecule has 0 spiro atoms. The van der Waals surface area contributed by atoms with Crippen molar-refractivity contribution in [2.75, 3.05) is 9.80 Å². The first-order chi connectivity index (χ1) is 26.4. The Balaban J connectivity index is 1.09. The first kappa shape index (κ1) is 31.9. The zero-order valence-electron chi connectivity index (χ0n) is 30.7. The van der Waals surface area contributed by atoms with E-state index < -0.39 is 0 Å². The molecule has 54 heavy (non-hydrogen) atoms. The minimum atomic E-state index is 0.844. The lowest BCUT2D eigenvalue weighted by molar-refractivity contribution is 0.664. The Kier molecular flexibility index (Phi) is 7.34. The second-order valence-electron chi connectivity index (χ2n) is 14.4. The molecule has 4 nitrogen and oxygen atoms in total. The van der Waals surface area contributed by atoms with E-state index in [9.17, 15) is 0 Å². The topological polar surface area (TPSA) is 32.8 Å². The van der Waals surface area contributed by atoms with E-state index in [0.717, 1.165) is 88.8 Å². The Morgan fingerprint density at radius 1 is 0.315 bits per heavy atom. The maximum atomic E-state index is 6.66. The summed E-state index contributed by atoms with van der Waals surface area (Å²) in [4.78, 5) is 4.69. The van der Waals surface area contributed by atoms with E-state index in [4.69, 9.17) is 8.83 Å². The number of benzene rings is 8. The van der Waals surface area contributed by atoms with E-state index in [2.05, 4.69) is 195 Å². The van der Waals surface area contributed by atoms with Crippen molar-refractivity contribution in [3.05, 3.63) is 180 Å². The molecule has 10 aromatic rings. The van der Waals surface area contributed by atoms with Crippen LogP contribution >= 0.6 is 0 Å². The van der Waals surface area contributed by atoms with Gasteiger partial charge in [0.15, 0.2) is 0 Å². The van der Waals surface area contributed by atoms with E-state index >= 15 is 0 Å². The fourth-order valence-corrected chi connectivity index (χ4v) is 8.12. The van der Waals surface area contributed by atoms with E-state index in [-0.39, 0.29) is 0 Å². The zero-order chi connectivity index (χ0) is 36.5. The number of hydrogen-bond acceptors (Lipinski definition) is 4. The molecule has 0 saturated heterocycles. The van der Waals surface area contributed by atoms with Gasteiger partial charge in [-0.2, -0.15) is 0 Å². The molecule has 0 saturated carbocycles. The summed E-state index contributed by atoms with van der Waals surface area (Å²) < 4.78 is 13.3. The molecule has 260 valence electrons. The molecule has 0 fully saturated rings. The van der Waals surface area contributed by atoms with Gasteiger partial charge in [0, 0.05) is 61.7 Å². The molecule has 8 aromatic carbocycles. The van der Waals surface area contributed by atoms with Crippen LogP contribution in [0, 0.1) is 27.7 Å². The minimum Gasteiger partial charge on any atom is -0.456 e. The average molecular weight is 699 g/mol. The summed E-state index contributed by atoms with van der Waals surface area (Å²) in [5, 5.41) is 6.51. The van der Waals surface area contributed by atoms with Gasteiger partial charge in [0.05, 0.1) is 0 Å². The molecule has 0 amide bonds. The summed E-state index contributed by atoms with van der Waals surface area (Å²) in [6.07, 6.45) is 0. The highest BCUT2D eigenvalue weighted by Crippen LogP contribution is 2.44. The molecule has 4 heteroatoms. The number of furan rings is 2. The van der Waals surface area contributed by atoms with Crippen molar-refractivity contribution in [3.8, 4) is 0 Å². The van der Waals surface area contributed by atoms with Crippen molar-refractivity contribution in [2.45, 2.75) is 27.7 Å². The lowest BCUT2D eigenvalue weighted by Gasteiger charge is -2.28. The third kappa shape index (κ3) is 5.14. The van der Waals surface area contributed by atoms with E-state index in [1.165, 1.54) is 22.3 Å². The SMILES string of the molecule is Cc1ccccc1N(c1ccc2cc3c(cc2c1)oc1cc2c(cc13)oc1cc(N(c3ccccc3C)c3ccccc3C)ccc12)c1ccccc1C. The highest BCUT2D eigenvalue weighted by Gasteiger charge is 2.21. The van der Waals surface area contributed by atoms with Crippen molar-refractivity contribution in [2.24, 2.45) is 0 Å². The molecule has 0 atom stereocenters. The molecular formula is C50H38N2O2. The molecule has 2 heterocycles. The van der Waals surface area contributed by atoms with Crippen molar-refractivity contribution in [3.63, 3.8) is 0 Å². The summed E-state index contributed by atoms with van der Waals surface area (Å²) in [7, 11) is 0. The Bertz CT molecular complexity index is 2880. The second kappa shape index (κ2) is 12.4. The van der Waals surface area contributed by atoms with Gasteiger partial charge in [0.2, 0.25) is 0 Å². The van der Waals surface area contributed by atoms with Gasteiger partial charge in [-0.15, -0.1) is 0 Å². The number of para-hydroxylation sites is 4. The molecule has 2 aromatic heterocycles. The Hall–Kier alpha value is -6.78. The summed E-state index contributed by atoms with van der Waals surface area (Å²) in [6.45, 7) is 8.66. The van der Waals surface area contributed by atoms with E-state index in [1.54, 1.807) is 0 Å². The predicted octanol–water partition coefficient (Wildman–Crippen LogP) is 14.8. The van der Waals surface area contributed by atoms with Crippen LogP contribution in [0.1, 0.15) is 22.3 Å². The summed E-state index contributed by atoms with van der Waals surface area (Å²) in [6, 6.07) is 56.2. The van der Waals surface area contributed by atoms with Gasteiger partial charge in [0.25, 0.3) is 0 Å². The van der Waals surface area contributed by atoms with Crippen LogP contribution in [-0.2, 0) is 0 Å². The highest BCUT2D eigenvalue weighted by molar-refractivity contribution is 6.17. The minimum absolute atomic E-state index is 0.844. The molecular weight excluding hydrogens is 661 g/mol. The van der Waals surface area contributed by atoms with Crippen molar-refractivity contribution >= 4 is 88.8 Å². The predicted molar refractivity (Wildman–Crippen MR) is 227 cm³/mol. The monoisotopic (exact) mass is 698 g/mol. The Labute approximate surface area is 314 Å². The fraction of sp³-hybridized carbons (Fsp3) is 0.0800. The number of rotatable bonds is 6. The van der Waals surface area contributed by atoms with Crippen LogP contribution in [0.25, 0.3) is 54.6 Å². The lowest BCUT2D eigenvalue weighted by atomic mass is 10.0. The Morgan fingerprint density at radius 3 is 1.20 bits per heavy atom. The molecule has 0 bridgehead atoms. The van der Waals surface area contributed by atoms with Crippen LogP contribution in [-0.4, -0.2) is 0 Å². The molecule has 0 aliphatic heterocycles. The van der Waals surface area contributed by atoms with Crippen LogP contribution in [0.15, 0.2) is 167 Å².